The molecule has 1 aromatic rings. The SMILES string of the molecule is O=S(=O)(C1=C[C@@H]2C=C[C@@H]1C2)c1ccccc1. The van der Waals surface area contributed by atoms with Gasteiger partial charge in [0.2, 0.25) is 9.84 Å². The van der Waals surface area contributed by atoms with Gasteiger partial charge in [0.15, 0.2) is 0 Å². The maximum absolute atomic E-state index is 12.3. The zero-order valence-electron chi connectivity index (χ0n) is 8.71. The van der Waals surface area contributed by atoms with E-state index in [-0.39, 0.29) is 5.92 Å². The maximum atomic E-state index is 12.3. The summed E-state index contributed by atoms with van der Waals surface area (Å²) in [6.07, 6.45) is 6.93. The van der Waals surface area contributed by atoms with Crippen LogP contribution in [0.25, 0.3) is 0 Å². The predicted octanol–water partition coefficient (Wildman–Crippen LogP) is 2.55. The topological polar surface area (TPSA) is 34.1 Å². The first-order valence-corrected chi connectivity index (χ1v) is 6.86. The van der Waals surface area contributed by atoms with Crippen molar-refractivity contribution in [1.82, 2.24) is 0 Å². The average Bonchev–Trinajstić information content (AvgIpc) is 2.92. The fourth-order valence-electron chi connectivity index (χ4n) is 2.42. The number of fused-ring (bicyclic) bond motifs is 2. The second kappa shape index (κ2) is 3.32. The van der Waals surface area contributed by atoms with Crippen molar-refractivity contribution in [2.75, 3.05) is 0 Å². The number of sulfone groups is 1. The zero-order valence-corrected chi connectivity index (χ0v) is 9.52. The van der Waals surface area contributed by atoms with Crippen LogP contribution >= 0.6 is 0 Å². The lowest BCUT2D eigenvalue weighted by atomic mass is 10.2. The fraction of sp³-hybridized carbons (Fsp3) is 0.231. The molecule has 0 N–H and O–H groups in total. The van der Waals surface area contributed by atoms with Gasteiger partial charge in [0.25, 0.3) is 0 Å². The maximum Gasteiger partial charge on any atom is 0.203 e. The van der Waals surface area contributed by atoms with Crippen LogP contribution in [0, 0.1) is 11.8 Å². The van der Waals surface area contributed by atoms with Crippen LogP contribution in [-0.4, -0.2) is 8.42 Å². The summed E-state index contributed by atoms with van der Waals surface area (Å²) < 4.78 is 24.6. The second-order valence-electron chi connectivity index (χ2n) is 4.28. The molecule has 0 unspecified atom stereocenters. The Hall–Kier alpha value is -1.35. The van der Waals surface area contributed by atoms with Crippen LogP contribution in [0.15, 0.2) is 58.4 Å². The number of hydrogen-bond acceptors (Lipinski definition) is 2. The molecular formula is C13H12O2S. The third-order valence-corrected chi connectivity index (χ3v) is 5.18. The lowest BCUT2D eigenvalue weighted by Crippen LogP contribution is -2.09. The monoisotopic (exact) mass is 232 g/mol. The van der Waals surface area contributed by atoms with Crippen LogP contribution in [0.2, 0.25) is 0 Å². The van der Waals surface area contributed by atoms with Gasteiger partial charge in [-0.2, -0.15) is 0 Å². The minimum absolute atomic E-state index is 0.107. The van der Waals surface area contributed by atoms with Gasteiger partial charge in [0.05, 0.1) is 9.80 Å². The Morgan fingerprint density at radius 3 is 2.38 bits per heavy atom. The van der Waals surface area contributed by atoms with Gasteiger partial charge in [-0.1, -0.05) is 36.4 Å². The summed E-state index contributed by atoms with van der Waals surface area (Å²) in [4.78, 5) is 0.994. The quantitative estimate of drug-likeness (QED) is 0.734. The third-order valence-electron chi connectivity index (χ3n) is 3.22. The molecule has 82 valence electrons. The van der Waals surface area contributed by atoms with E-state index in [2.05, 4.69) is 6.08 Å². The zero-order chi connectivity index (χ0) is 11.2. The van der Waals surface area contributed by atoms with Crippen LogP contribution in [0.4, 0.5) is 0 Å². The van der Waals surface area contributed by atoms with E-state index < -0.39 is 9.84 Å². The van der Waals surface area contributed by atoms with Gasteiger partial charge < -0.3 is 0 Å². The molecule has 2 aliphatic carbocycles. The van der Waals surface area contributed by atoms with Crippen molar-refractivity contribution in [2.24, 2.45) is 11.8 Å². The minimum atomic E-state index is -3.26. The van der Waals surface area contributed by atoms with E-state index in [0.29, 0.717) is 15.7 Å². The molecule has 0 heterocycles. The van der Waals surface area contributed by atoms with Crippen molar-refractivity contribution >= 4 is 9.84 Å². The molecule has 16 heavy (non-hydrogen) atoms. The van der Waals surface area contributed by atoms with Crippen LogP contribution < -0.4 is 0 Å². The summed E-state index contributed by atoms with van der Waals surface area (Å²) in [6, 6.07) is 8.67. The molecule has 3 rings (SSSR count). The standard InChI is InChI=1S/C13H12O2S/c14-16(15,12-4-2-1-3-5-12)13-9-10-6-7-11(13)8-10/h1-7,9-11H,8H2/t10-,11-/m1/s1. The Balaban J connectivity index is 2.05. The van der Waals surface area contributed by atoms with Crippen molar-refractivity contribution in [3.8, 4) is 0 Å². The van der Waals surface area contributed by atoms with Gasteiger partial charge in [0, 0.05) is 5.92 Å². The number of benzene rings is 1. The highest BCUT2D eigenvalue weighted by Crippen LogP contribution is 2.42. The molecular weight excluding hydrogens is 220 g/mol. The normalized spacial score (nSPS) is 27.1. The highest BCUT2D eigenvalue weighted by molar-refractivity contribution is 7.95. The Morgan fingerprint density at radius 2 is 1.81 bits per heavy atom. The van der Waals surface area contributed by atoms with Crippen LogP contribution in [0.3, 0.4) is 0 Å². The van der Waals surface area contributed by atoms with E-state index >= 15 is 0 Å². The molecule has 2 atom stereocenters. The van der Waals surface area contributed by atoms with E-state index in [1.54, 1.807) is 24.3 Å². The lowest BCUT2D eigenvalue weighted by Gasteiger charge is -2.10. The molecule has 0 spiro atoms. The Morgan fingerprint density at radius 1 is 1.06 bits per heavy atom. The van der Waals surface area contributed by atoms with E-state index in [1.165, 1.54) is 0 Å². The molecule has 0 aliphatic heterocycles. The summed E-state index contributed by atoms with van der Waals surface area (Å²) in [5.41, 5.74) is 0. The lowest BCUT2D eigenvalue weighted by molar-refractivity contribution is 0.596. The molecule has 2 bridgehead atoms. The van der Waals surface area contributed by atoms with Gasteiger partial charge in [-0.05, 0) is 24.5 Å². The van der Waals surface area contributed by atoms with Crippen molar-refractivity contribution in [2.45, 2.75) is 11.3 Å². The van der Waals surface area contributed by atoms with Crippen molar-refractivity contribution in [3.05, 3.63) is 53.5 Å². The second-order valence-corrected chi connectivity index (χ2v) is 6.23. The summed E-state index contributed by atoms with van der Waals surface area (Å²) in [5.74, 6) is 0.439. The Bertz CT molecular complexity index is 567. The average molecular weight is 232 g/mol. The van der Waals surface area contributed by atoms with Gasteiger partial charge in [-0.25, -0.2) is 8.42 Å². The first-order chi connectivity index (χ1) is 7.68. The van der Waals surface area contributed by atoms with Gasteiger partial charge in [0.1, 0.15) is 0 Å². The van der Waals surface area contributed by atoms with Crippen LogP contribution in [-0.2, 0) is 9.84 Å². The van der Waals surface area contributed by atoms with Crippen molar-refractivity contribution < 1.29 is 8.42 Å². The van der Waals surface area contributed by atoms with Gasteiger partial charge in [-0.3, -0.25) is 0 Å². The molecule has 3 heteroatoms. The number of rotatable bonds is 2. The Labute approximate surface area is 95.2 Å². The minimum Gasteiger partial charge on any atom is -0.219 e. The summed E-state index contributed by atoms with van der Waals surface area (Å²) in [5, 5.41) is 0. The molecule has 0 amide bonds. The fourth-order valence-corrected chi connectivity index (χ4v) is 4.14. The molecule has 2 nitrogen and oxygen atoms in total. The highest BCUT2D eigenvalue weighted by Gasteiger charge is 2.36. The Kier molecular flexibility index (Phi) is 2.04. The number of allylic oxidation sites excluding steroid dienone is 4. The van der Waals surface area contributed by atoms with Crippen molar-refractivity contribution in [1.29, 1.82) is 0 Å². The number of hydrogen-bond donors (Lipinski definition) is 0. The van der Waals surface area contributed by atoms with Crippen molar-refractivity contribution in [3.63, 3.8) is 0 Å². The molecule has 0 fully saturated rings. The van der Waals surface area contributed by atoms with Crippen LogP contribution in [0.5, 0.6) is 0 Å². The molecule has 1 aromatic carbocycles. The molecule has 0 radical (unpaired) electrons. The van der Waals surface area contributed by atoms with E-state index in [9.17, 15) is 8.42 Å². The van der Waals surface area contributed by atoms with Gasteiger partial charge >= 0.3 is 0 Å². The summed E-state index contributed by atoms with van der Waals surface area (Å²) >= 11 is 0. The summed E-state index contributed by atoms with van der Waals surface area (Å²) in [6.45, 7) is 0. The molecule has 2 aliphatic rings. The first-order valence-electron chi connectivity index (χ1n) is 5.38. The molecule has 0 saturated heterocycles. The highest BCUT2D eigenvalue weighted by atomic mass is 32.2. The smallest absolute Gasteiger partial charge is 0.203 e. The largest absolute Gasteiger partial charge is 0.219 e. The van der Waals surface area contributed by atoms with E-state index in [1.807, 2.05) is 18.2 Å². The third kappa shape index (κ3) is 1.35. The van der Waals surface area contributed by atoms with E-state index in [0.717, 1.165) is 6.42 Å². The molecule has 0 aromatic heterocycles. The summed E-state index contributed by atoms with van der Waals surface area (Å²) in [7, 11) is -3.26. The predicted molar refractivity (Wildman–Crippen MR) is 62.4 cm³/mol. The molecule has 0 saturated carbocycles. The van der Waals surface area contributed by atoms with Gasteiger partial charge in [-0.15, -0.1) is 0 Å². The van der Waals surface area contributed by atoms with Crippen LogP contribution in [0.1, 0.15) is 6.42 Å². The van der Waals surface area contributed by atoms with E-state index in [4.69, 9.17) is 0 Å². The first kappa shape index (κ1) is 9.85.